The molecule has 0 fully saturated rings. The molecule has 1 atom stereocenters. The fraction of sp³-hybridized carbons (Fsp3) is 0.312. The van der Waals surface area contributed by atoms with E-state index in [9.17, 15) is 5.26 Å². The highest BCUT2D eigenvalue weighted by Gasteiger charge is 2.17. The molecule has 0 aliphatic carbocycles. The summed E-state index contributed by atoms with van der Waals surface area (Å²) in [6, 6.07) is 12.0. The first-order valence-corrected chi connectivity index (χ1v) is 7.08. The van der Waals surface area contributed by atoms with Gasteiger partial charge in [0.25, 0.3) is 0 Å². The van der Waals surface area contributed by atoms with Crippen molar-refractivity contribution in [1.29, 1.82) is 5.26 Å². The average molecular weight is 288 g/mol. The van der Waals surface area contributed by atoms with Crippen LogP contribution in [-0.2, 0) is 6.42 Å². The first-order chi connectivity index (χ1) is 9.56. The molecule has 20 heavy (non-hydrogen) atoms. The molecule has 3 nitrogen and oxygen atoms in total. The molecule has 0 saturated heterocycles. The number of nitrogen functional groups attached to an aromatic ring is 1. The Morgan fingerprint density at radius 2 is 2.15 bits per heavy atom. The topological polar surface area (TPSA) is 54.7 Å². The van der Waals surface area contributed by atoms with Gasteiger partial charge in [0, 0.05) is 23.2 Å². The lowest BCUT2D eigenvalue weighted by atomic mass is 10.1. The lowest BCUT2D eigenvalue weighted by Crippen LogP contribution is -2.11. The number of hydrogen-bond donors (Lipinski definition) is 1. The van der Waals surface area contributed by atoms with Crippen molar-refractivity contribution in [3.8, 4) is 6.07 Å². The van der Waals surface area contributed by atoms with Gasteiger partial charge in [0.05, 0.1) is 5.69 Å². The normalized spacial score (nSPS) is 12.1. The van der Waals surface area contributed by atoms with Crippen molar-refractivity contribution in [2.24, 2.45) is 0 Å². The first kappa shape index (κ1) is 14.5. The van der Waals surface area contributed by atoms with Gasteiger partial charge in [-0.3, -0.25) is 0 Å². The second kappa shape index (κ2) is 6.02. The highest BCUT2D eigenvalue weighted by molar-refractivity contribution is 6.30. The van der Waals surface area contributed by atoms with E-state index in [1.807, 2.05) is 28.8 Å². The van der Waals surface area contributed by atoms with Crippen LogP contribution in [0.3, 0.4) is 0 Å². The smallest absolute Gasteiger partial charge is 0.122 e. The second-order valence-corrected chi connectivity index (χ2v) is 5.41. The molecule has 2 rings (SSSR count). The van der Waals surface area contributed by atoms with E-state index < -0.39 is 0 Å². The zero-order valence-electron chi connectivity index (χ0n) is 11.7. The Hall–Kier alpha value is -1.92. The van der Waals surface area contributed by atoms with Gasteiger partial charge < -0.3 is 10.3 Å². The lowest BCUT2D eigenvalue weighted by Gasteiger charge is -2.17. The number of aromatic nitrogens is 1. The van der Waals surface area contributed by atoms with Gasteiger partial charge in [-0.2, -0.15) is 5.26 Å². The number of hydrogen-bond acceptors (Lipinski definition) is 2. The van der Waals surface area contributed by atoms with Gasteiger partial charge >= 0.3 is 0 Å². The van der Waals surface area contributed by atoms with Crippen molar-refractivity contribution < 1.29 is 0 Å². The molecule has 0 radical (unpaired) electrons. The lowest BCUT2D eigenvalue weighted by molar-refractivity contribution is 0.514. The summed E-state index contributed by atoms with van der Waals surface area (Å²) in [7, 11) is 0. The summed E-state index contributed by atoms with van der Waals surface area (Å²) < 4.78 is 2.04. The van der Waals surface area contributed by atoms with Gasteiger partial charge in [-0.1, -0.05) is 30.7 Å². The van der Waals surface area contributed by atoms with Crippen LogP contribution in [0, 0.1) is 11.3 Å². The molecule has 0 spiro atoms. The van der Waals surface area contributed by atoms with Crippen LogP contribution in [0.25, 0.3) is 0 Å². The molecule has 0 unspecified atom stereocenters. The summed E-state index contributed by atoms with van der Waals surface area (Å²) >= 11 is 6.02. The van der Waals surface area contributed by atoms with E-state index in [4.69, 9.17) is 17.3 Å². The van der Waals surface area contributed by atoms with E-state index in [-0.39, 0.29) is 6.04 Å². The van der Waals surface area contributed by atoms with Crippen molar-refractivity contribution in [3.63, 3.8) is 0 Å². The number of anilines is 1. The van der Waals surface area contributed by atoms with Gasteiger partial charge in [-0.15, -0.1) is 0 Å². The fourth-order valence-electron chi connectivity index (χ4n) is 2.38. The minimum atomic E-state index is 0.246. The minimum Gasteiger partial charge on any atom is -0.397 e. The average Bonchev–Trinajstić information content (AvgIpc) is 2.74. The third kappa shape index (κ3) is 2.81. The highest BCUT2D eigenvalue weighted by atomic mass is 35.5. The Morgan fingerprint density at radius 1 is 1.40 bits per heavy atom. The molecule has 1 heterocycles. The molecule has 0 bridgehead atoms. The fourth-order valence-corrected chi connectivity index (χ4v) is 2.60. The minimum absolute atomic E-state index is 0.246. The summed E-state index contributed by atoms with van der Waals surface area (Å²) in [5, 5.41) is 9.97. The summed E-state index contributed by atoms with van der Waals surface area (Å²) in [6.07, 6.45) is 1.63. The van der Waals surface area contributed by atoms with Crippen LogP contribution in [0.15, 0.2) is 30.3 Å². The van der Waals surface area contributed by atoms with Crippen molar-refractivity contribution in [1.82, 2.24) is 4.57 Å². The number of rotatable bonds is 4. The molecule has 2 aromatic rings. The number of benzene rings is 1. The van der Waals surface area contributed by atoms with Crippen LogP contribution >= 0.6 is 11.6 Å². The van der Waals surface area contributed by atoms with Crippen LogP contribution in [-0.4, -0.2) is 4.57 Å². The summed E-state index contributed by atoms with van der Waals surface area (Å²) in [5.41, 5.74) is 9.46. The molecule has 4 heteroatoms. The van der Waals surface area contributed by atoms with E-state index >= 15 is 0 Å². The largest absolute Gasteiger partial charge is 0.397 e. The quantitative estimate of drug-likeness (QED) is 0.918. The Labute approximate surface area is 124 Å². The SMILES string of the molecule is CC[C@@H](C)n1c(C#N)cc(N)c1Cc1cccc(Cl)c1. The Kier molecular flexibility index (Phi) is 4.36. The van der Waals surface area contributed by atoms with Gasteiger partial charge in [0.1, 0.15) is 11.8 Å². The predicted molar refractivity (Wildman–Crippen MR) is 82.8 cm³/mol. The van der Waals surface area contributed by atoms with Crippen LogP contribution in [0.2, 0.25) is 5.02 Å². The number of nitriles is 1. The van der Waals surface area contributed by atoms with E-state index in [0.29, 0.717) is 22.8 Å². The van der Waals surface area contributed by atoms with E-state index in [1.54, 1.807) is 6.07 Å². The van der Waals surface area contributed by atoms with Crippen molar-refractivity contribution in [3.05, 3.63) is 52.3 Å². The van der Waals surface area contributed by atoms with Gasteiger partial charge in [-0.05, 0) is 37.1 Å². The monoisotopic (exact) mass is 287 g/mol. The summed E-state index contributed by atoms with van der Waals surface area (Å²) in [5.74, 6) is 0. The molecular weight excluding hydrogens is 270 g/mol. The zero-order chi connectivity index (χ0) is 14.7. The van der Waals surface area contributed by atoms with Gasteiger partial charge in [0.2, 0.25) is 0 Å². The van der Waals surface area contributed by atoms with Crippen molar-refractivity contribution >= 4 is 17.3 Å². The van der Waals surface area contributed by atoms with E-state index in [0.717, 1.165) is 17.7 Å². The molecule has 0 saturated carbocycles. The predicted octanol–water partition coefficient (Wildman–Crippen LogP) is 4.16. The van der Waals surface area contributed by atoms with Crippen molar-refractivity contribution in [2.45, 2.75) is 32.7 Å². The van der Waals surface area contributed by atoms with Gasteiger partial charge in [0.15, 0.2) is 0 Å². The number of halogens is 1. The third-order valence-electron chi connectivity index (χ3n) is 3.58. The summed E-state index contributed by atoms with van der Waals surface area (Å²) in [6.45, 7) is 4.20. The standard InChI is InChI=1S/C16H18ClN3/c1-3-11(2)20-14(10-18)9-15(19)16(20)8-12-5-4-6-13(17)7-12/h4-7,9,11H,3,8,19H2,1-2H3/t11-/m1/s1. The third-order valence-corrected chi connectivity index (χ3v) is 3.82. The molecule has 0 amide bonds. The van der Waals surface area contributed by atoms with Crippen LogP contribution in [0.5, 0.6) is 0 Å². The second-order valence-electron chi connectivity index (χ2n) is 4.98. The summed E-state index contributed by atoms with van der Waals surface area (Å²) in [4.78, 5) is 0. The zero-order valence-corrected chi connectivity index (χ0v) is 12.5. The molecule has 0 aliphatic rings. The molecule has 0 aliphatic heterocycles. The Bertz CT molecular complexity index is 652. The van der Waals surface area contributed by atoms with E-state index in [1.165, 1.54) is 0 Å². The number of nitrogens with two attached hydrogens (primary N) is 1. The Balaban J connectivity index is 2.46. The van der Waals surface area contributed by atoms with Crippen LogP contribution < -0.4 is 5.73 Å². The van der Waals surface area contributed by atoms with Crippen LogP contribution in [0.1, 0.15) is 43.3 Å². The molecule has 2 N–H and O–H groups in total. The maximum Gasteiger partial charge on any atom is 0.122 e. The molecular formula is C16H18ClN3. The van der Waals surface area contributed by atoms with Crippen LogP contribution in [0.4, 0.5) is 5.69 Å². The number of nitrogens with zero attached hydrogens (tertiary/aromatic N) is 2. The Morgan fingerprint density at radius 3 is 2.75 bits per heavy atom. The van der Waals surface area contributed by atoms with E-state index in [2.05, 4.69) is 19.9 Å². The maximum atomic E-state index is 9.26. The molecule has 104 valence electrons. The molecule has 1 aromatic carbocycles. The maximum absolute atomic E-state index is 9.26. The first-order valence-electron chi connectivity index (χ1n) is 6.71. The van der Waals surface area contributed by atoms with Crippen molar-refractivity contribution in [2.75, 3.05) is 5.73 Å². The molecule has 1 aromatic heterocycles. The van der Waals surface area contributed by atoms with Gasteiger partial charge in [-0.25, -0.2) is 0 Å². The highest BCUT2D eigenvalue weighted by Crippen LogP contribution is 2.27.